The molecule has 180 valence electrons. The fourth-order valence-corrected chi connectivity index (χ4v) is 2.81. The number of aryl methyl sites for hydroxylation is 1. The van der Waals surface area contributed by atoms with Crippen molar-refractivity contribution in [2.75, 3.05) is 13.7 Å². The lowest BCUT2D eigenvalue weighted by molar-refractivity contribution is 0.0360. The van der Waals surface area contributed by atoms with Gasteiger partial charge in [0.2, 0.25) is 5.96 Å². The molecule has 1 aromatic carbocycles. The van der Waals surface area contributed by atoms with E-state index in [1.54, 1.807) is 60.9 Å². The molecule has 0 radical (unpaired) electrons. The zero-order chi connectivity index (χ0) is 24.6. The van der Waals surface area contributed by atoms with E-state index in [0.717, 1.165) is 11.3 Å². The highest BCUT2D eigenvalue weighted by atomic mass is 16.6. The first-order chi connectivity index (χ1) is 15.4. The molecule has 0 saturated heterocycles. The largest absolute Gasteiger partial charge is 0.497 e. The zero-order valence-corrected chi connectivity index (χ0v) is 20.5. The fraction of sp³-hybridized carbons (Fsp3) is 0.500. The first-order valence-electron chi connectivity index (χ1n) is 10.8. The van der Waals surface area contributed by atoms with Crippen LogP contribution in [0.1, 0.15) is 53.5 Å². The predicted octanol–water partition coefficient (Wildman–Crippen LogP) is 4.90. The lowest BCUT2D eigenvalue weighted by Crippen LogP contribution is -2.45. The summed E-state index contributed by atoms with van der Waals surface area (Å²) in [6.45, 7) is 10.8. The molecule has 2 amide bonds. The number of amides is 2. The van der Waals surface area contributed by atoms with Gasteiger partial charge in [-0.05, 0) is 78.1 Å². The van der Waals surface area contributed by atoms with Crippen molar-refractivity contribution in [3.63, 3.8) is 0 Å². The summed E-state index contributed by atoms with van der Waals surface area (Å²) in [5.41, 5.74) is -0.377. The first kappa shape index (κ1) is 25.9. The van der Waals surface area contributed by atoms with Gasteiger partial charge in [-0.2, -0.15) is 5.10 Å². The van der Waals surface area contributed by atoms with Crippen molar-refractivity contribution in [2.45, 2.75) is 65.6 Å². The number of benzene rings is 1. The highest BCUT2D eigenvalue weighted by molar-refractivity contribution is 5.99. The van der Waals surface area contributed by atoms with E-state index in [1.807, 2.05) is 24.3 Å². The molecule has 0 aliphatic carbocycles. The van der Waals surface area contributed by atoms with Gasteiger partial charge in [-0.25, -0.2) is 19.2 Å². The van der Waals surface area contributed by atoms with E-state index in [2.05, 4.69) is 10.1 Å². The molecule has 0 fully saturated rings. The van der Waals surface area contributed by atoms with E-state index in [1.165, 1.54) is 15.8 Å². The molecular formula is C24H34N4O5. The van der Waals surface area contributed by atoms with Gasteiger partial charge >= 0.3 is 12.2 Å². The molecule has 0 saturated carbocycles. The van der Waals surface area contributed by atoms with Crippen molar-refractivity contribution in [1.29, 1.82) is 0 Å². The van der Waals surface area contributed by atoms with Crippen LogP contribution in [0, 0.1) is 0 Å². The second-order valence-electron chi connectivity index (χ2n) is 9.43. The smallest absolute Gasteiger partial charge is 0.437 e. The molecule has 0 aliphatic heterocycles. The monoisotopic (exact) mass is 458 g/mol. The number of nitrogens with zero attached hydrogens (tertiary/aromatic N) is 4. The summed E-state index contributed by atoms with van der Waals surface area (Å²) in [4.78, 5) is 31.0. The quantitative estimate of drug-likeness (QED) is 0.467. The van der Waals surface area contributed by atoms with Gasteiger partial charge in [-0.1, -0.05) is 12.1 Å². The topological polar surface area (TPSA) is 95.2 Å². The van der Waals surface area contributed by atoms with Gasteiger partial charge in [-0.15, -0.1) is 4.99 Å². The number of methoxy groups -OCH3 is 1. The number of carbonyl (C=O) groups excluding carboxylic acids is 2. The molecule has 0 unspecified atom stereocenters. The SMILES string of the molecule is COc1ccc(CCCN(C(=O)OC(C)(C)C)C(=NC(=O)OC(C)(C)C)n2cccn2)cc1. The van der Waals surface area contributed by atoms with Crippen LogP contribution in [0.15, 0.2) is 47.7 Å². The van der Waals surface area contributed by atoms with Gasteiger partial charge in [0.25, 0.3) is 0 Å². The molecule has 0 aliphatic rings. The maximum absolute atomic E-state index is 13.1. The van der Waals surface area contributed by atoms with Crippen molar-refractivity contribution in [1.82, 2.24) is 14.7 Å². The summed E-state index contributed by atoms with van der Waals surface area (Å²) in [6.07, 6.45) is 2.98. The molecule has 0 N–H and O–H groups in total. The number of hydrogen-bond donors (Lipinski definition) is 0. The Morgan fingerprint density at radius 2 is 1.67 bits per heavy atom. The third-order valence-corrected chi connectivity index (χ3v) is 4.16. The minimum atomic E-state index is -0.822. The summed E-state index contributed by atoms with van der Waals surface area (Å²) in [5, 5.41) is 4.17. The normalized spacial score (nSPS) is 12.3. The van der Waals surface area contributed by atoms with Crippen LogP contribution in [-0.2, 0) is 15.9 Å². The van der Waals surface area contributed by atoms with Crippen molar-refractivity contribution < 1.29 is 23.8 Å². The Hall–Kier alpha value is -3.36. The van der Waals surface area contributed by atoms with Crippen molar-refractivity contribution in [3.05, 3.63) is 48.3 Å². The van der Waals surface area contributed by atoms with Crippen LogP contribution in [0.4, 0.5) is 9.59 Å². The number of aromatic nitrogens is 2. The second kappa shape index (κ2) is 11.0. The average molecular weight is 459 g/mol. The van der Waals surface area contributed by atoms with Crippen LogP contribution in [-0.4, -0.2) is 57.7 Å². The van der Waals surface area contributed by atoms with Crippen LogP contribution >= 0.6 is 0 Å². The predicted molar refractivity (Wildman–Crippen MR) is 126 cm³/mol. The van der Waals surface area contributed by atoms with E-state index in [9.17, 15) is 9.59 Å². The Labute approximate surface area is 195 Å². The average Bonchev–Trinajstić information content (AvgIpc) is 3.22. The highest BCUT2D eigenvalue weighted by Gasteiger charge is 2.28. The van der Waals surface area contributed by atoms with Crippen molar-refractivity contribution in [2.24, 2.45) is 4.99 Å². The molecule has 1 aromatic heterocycles. The standard InChI is InChI=1S/C24H34N4O5/c1-23(2,3)32-21(29)26-20(28-17-9-15-25-28)27(22(30)33-24(4,5)6)16-8-10-18-11-13-19(31-7)14-12-18/h9,11-15,17H,8,10,16H2,1-7H3. The highest BCUT2D eigenvalue weighted by Crippen LogP contribution is 2.16. The molecule has 33 heavy (non-hydrogen) atoms. The van der Waals surface area contributed by atoms with Crippen molar-refractivity contribution in [3.8, 4) is 5.75 Å². The molecule has 0 atom stereocenters. The molecule has 2 aromatic rings. The van der Waals surface area contributed by atoms with E-state index in [0.29, 0.717) is 12.8 Å². The molecule has 0 spiro atoms. The van der Waals surface area contributed by atoms with Crippen molar-refractivity contribution >= 4 is 18.1 Å². The molecule has 0 bridgehead atoms. The summed E-state index contributed by atoms with van der Waals surface area (Å²) in [7, 11) is 1.62. The van der Waals surface area contributed by atoms with Crippen LogP contribution in [0.25, 0.3) is 0 Å². The minimum Gasteiger partial charge on any atom is -0.497 e. The molecule has 9 heteroatoms. The summed E-state index contributed by atoms with van der Waals surface area (Å²) in [5.74, 6) is 0.790. The number of carbonyl (C=O) groups is 2. The van der Waals surface area contributed by atoms with E-state index in [4.69, 9.17) is 14.2 Å². The van der Waals surface area contributed by atoms with Gasteiger partial charge in [0, 0.05) is 18.9 Å². The summed E-state index contributed by atoms with van der Waals surface area (Å²) < 4.78 is 17.5. The van der Waals surface area contributed by atoms with Gasteiger partial charge in [0.1, 0.15) is 17.0 Å². The Morgan fingerprint density at radius 3 is 2.18 bits per heavy atom. The van der Waals surface area contributed by atoms with Gasteiger partial charge in [0.15, 0.2) is 0 Å². The molecule has 2 rings (SSSR count). The number of hydrogen-bond acceptors (Lipinski definition) is 6. The summed E-state index contributed by atoms with van der Waals surface area (Å²) in [6, 6.07) is 9.40. The van der Waals surface area contributed by atoms with E-state index < -0.39 is 23.4 Å². The number of ether oxygens (including phenoxy) is 3. The minimum absolute atomic E-state index is 0.0123. The lowest BCUT2D eigenvalue weighted by Gasteiger charge is -2.28. The third kappa shape index (κ3) is 8.96. The van der Waals surface area contributed by atoms with Crippen LogP contribution in [0.3, 0.4) is 0 Å². The number of rotatable bonds is 5. The third-order valence-electron chi connectivity index (χ3n) is 4.16. The Balaban J connectivity index is 2.30. The van der Waals surface area contributed by atoms with E-state index in [-0.39, 0.29) is 12.5 Å². The maximum atomic E-state index is 13.1. The lowest BCUT2D eigenvalue weighted by atomic mass is 10.1. The van der Waals surface area contributed by atoms with Crippen LogP contribution < -0.4 is 4.74 Å². The Morgan fingerprint density at radius 1 is 1.03 bits per heavy atom. The second-order valence-corrected chi connectivity index (χ2v) is 9.43. The zero-order valence-electron chi connectivity index (χ0n) is 20.5. The van der Waals surface area contributed by atoms with Crippen LogP contribution in [0.5, 0.6) is 5.75 Å². The number of aliphatic imine (C=N–C) groups is 1. The molecule has 9 nitrogen and oxygen atoms in total. The maximum Gasteiger partial charge on any atom is 0.437 e. The molecular weight excluding hydrogens is 424 g/mol. The first-order valence-corrected chi connectivity index (χ1v) is 10.8. The van der Waals surface area contributed by atoms with Gasteiger partial charge < -0.3 is 14.2 Å². The van der Waals surface area contributed by atoms with Gasteiger partial charge in [0.05, 0.1) is 7.11 Å². The molecule has 1 heterocycles. The van der Waals surface area contributed by atoms with Gasteiger partial charge in [-0.3, -0.25) is 0 Å². The Bertz CT molecular complexity index is 939. The Kier molecular flexibility index (Phi) is 8.62. The van der Waals surface area contributed by atoms with Crippen LogP contribution in [0.2, 0.25) is 0 Å². The summed E-state index contributed by atoms with van der Waals surface area (Å²) >= 11 is 0. The fourth-order valence-electron chi connectivity index (χ4n) is 2.81. The van der Waals surface area contributed by atoms with E-state index >= 15 is 0 Å².